The van der Waals surface area contributed by atoms with E-state index in [2.05, 4.69) is 12.2 Å². The van der Waals surface area contributed by atoms with Crippen molar-refractivity contribution in [3.8, 4) is 0 Å². The lowest BCUT2D eigenvalue weighted by molar-refractivity contribution is 0.239. The maximum atomic E-state index is 8.77. The van der Waals surface area contributed by atoms with Crippen LogP contribution < -0.4 is 5.32 Å². The summed E-state index contributed by atoms with van der Waals surface area (Å²) in [5, 5.41) is 12.1. The van der Waals surface area contributed by atoms with Gasteiger partial charge in [0.25, 0.3) is 0 Å². The molecule has 0 aromatic carbocycles. The minimum Gasteiger partial charge on any atom is -0.395 e. The minimum absolute atomic E-state index is 0.245. The standard InChI is InChI=1S/C9H19NO/c1-7(5-9-3-4-9)10-8(2)6-11/h7-11H,3-6H2,1-2H3/t7?,8-/m1/s1. The van der Waals surface area contributed by atoms with Crippen molar-refractivity contribution < 1.29 is 5.11 Å². The lowest BCUT2D eigenvalue weighted by Crippen LogP contribution is -2.36. The highest BCUT2D eigenvalue weighted by Gasteiger charge is 2.23. The van der Waals surface area contributed by atoms with E-state index in [0.717, 1.165) is 5.92 Å². The van der Waals surface area contributed by atoms with Crippen molar-refractivity contribution in [3.05, 3.63) is 0 Å². The normalized spacial score (nSPS) is 23.2. The van der Waals surface area contributed by atoms with Gasteiger partial charge in [0.2, 0.25) is 0 Å². The van der Waals surface area contributed by atoms with Crippen molar-refractivity contribution in [1.29, 1.82) is 0 Å². The zero-order valence-corrected chi connectivity index (χ0v) is 7.51. The average Bonchev–Trinajstić information content (AvgIpc) is 2.71. The molecular weight excluding hydrogens is 138 g/mol. The van der Waals surface area contributed by atoms with E-state index in [1.165, 1.54) is 19.3 Å². The first-order chi connectivity index (χ1) is 5.22. The molecule has 0 amide bonds. The number of nitrogens with one attached hydrogen (secondary N) is 1. The summed E-state index contributed by atoms with van der Waals surface area (Å²) in [6, 6.07) is 0.827. The van der Waals surface area contributed by atoms with Gasteiger partial charge >= 0.3 is 0 Å². The summed E-state index contributed by atoms with van der Waals surface area (Å²) >= 11 is 0. The van der Waals surface area contributed by atoms with Gasteiger partial charge in [-0.2, -0.15) is 0 Å². The molecule has 1 unspecified atom stereocenters. The van der Waals surface area contributed by atoms with Crippen LogP contribution in [0.5, 0.6) is 0 Å². The van der Waals surface area contributed by atoms with E-state index in [4.69, 9.17) is 5.11 Å². The van der Waals surface area contributed by atoms with Crippen molar-refractivity contribution >= 4 is 0 Å². The summed E-state index contributed by atoms with van der Waals surface area (Å²) in [6.07, 6.45) is 4.11. The van der Waals surface area contributed by atoms with Crippen molar-refractivity contribution in [2.45, 2.75) is 45.2 Å². The first-order valence-corrected chi connectivity index (χ1v) is 4.59. The number of aliphatic hydroxyl groups is 1. The van der Waals surface area contributed by atoms with Crippen molar-refractivity contribution in [3.63, 3.8) is 0 Å². The van der Waals surface area contributed by atoms with E-state index < -0.39 is 0 Å². The average molecular weight is 157 g/mol. The Kier molecular flexibility index (Phi) is 3.34. The van der Waals surface area contributed by atoms with Crippen LogP contribution in [0, 0.1) is 5.92 Å². The Morgan fingerprint density at radius 3 is 2.45 bits per heavy atom. The molecule has 0 saturated heterocycles. The Morgan fingerprint density at radius 1 is 1.36 bits per heavy atom. The summed E-state index contributed by atoms with van der Waals surface area (Å²) in [6.45, 7) is 4.46. The monoisotopic (exact) mass is 157 g/mol. The van der Waals surface area contributed by atoms with E-state index in [9.17, 15) is 0 Å². The third-order valence-corrected chi connectivity index (χ3v) is 2.23. The lowest BCUT2D eigenvalue weighted by Gasteiger charge is -2.17. The fourth-order valence-electron chi connectivity index (χ4n) is 1.46. The number of aliphatic hydroxyl groups excluding tert-OH is 1. The predicted octanol–water partition coefficient (Wildman–Crippen LogP) is 1.15. The molecule has 2 nitrogen and oxygen atoms in total. The molecule has 11 heavy (non-hydrogen) atoms. The van der Waals surface area contributed by atoms with E-state index >= 15 is 0 Å². The van der Waals surface area contributed by atoms with Crippen LogP contribution >= 0.6 is 0 Å². The smallest absolute Gasteiger partial charge is 0.0582 e. The van der Waals surface area contributed by atoms with Crippen molar-refractivity contribution in [2.24, 2.45) is 5.92 Å². The molecule has 1 rings (SSSR count). The molecule has 0 aliphatic heterocycles. The molecule has 66 valence electrons. The predicted molar refractivity (Wildman–Crippen MR) is 46.5 cm³/mol. The van der Waals surface area contributed by atoms with Gasteiger partial charge in [-0.05, 0) is 26.2 Å². The van der Waals surface area contributed by atoms with Gasteiger partial charge in [0.1, 0.15) is 0 Å². The van der Waals surface area contributed by atoms with Crippen molar-refractivity contribution in [2.75, 3.05) is 6.61 Å². The molecule has 2 atom stereocenters. The molecule has 0 heterocycles. The molecule has 0 aromatic rings. The summed E-state index contributed by atoms with van der Waals surface area (Å²) in [4.78, 5) is 0. The molecule has 0 aromatic heterocycles. The topological polar surface area (TPSA) is 32.3 Å². The molecule has 2 N–H and O–H groups in total. The highest BCUT2D eigenvalue weighted by atomic mass is 16.3. The Morgan fingerprint density at radius 2 is 2.00 bits per heavy atom. The van der Waals surface area contributed by atoms with Gasteiger partial charge in [-0.15, -0.1) is 0 Å². The SMILES string of the molecule is CC(CC1CC1)N[C@H](C)CO. The largest absolute Gasteiger partial charge is 0.395 e. The van der Waals surface area contributed by atoms with Gasteiger partial charge in [0.15, 0.2) is 0 Å². The van der Waals surface area contributed by atoms with Crippen LogP contribution in [0.25, 0.3) is 0 Å². The molecule has 1 aliphatic carbocycles. The fraction of sp³-hybridized carbons (Fsp3) is 1.00. The highest BCUT2D eigenvalue weighted by molar-refractivity contribution is 4.79. The zero-order chi connectivity index (χ0) is 8.27. The summed E-state index contributed by atoms with van der Waals surface area (Å²) in [5.41, 5.74) is 0. The van der Waals surface area contributed by atoms with Gasteiger partial charge < -0.3 is 10.4 Å². The van der Waals surface area contributed by atoms with E-state index in [1.807, 2.05) is 6.92 Å². The van der Waals surface area contributed by atoms with Crippen LogP contribution in [0.3, 0.4) is 0 Å². The number of hydrogen-bond donors (Lipinski definition) is 2. The zero-order valence-electron chi connectivity index (χ0n) is 7.51. The van der Waals surface area contributed by atoms with Crippen LogP contribution in [0.1, 0.15) is 33.1 Å². The fourth-order valence-corrected chi connectivity index (χ4v) is 1.46. The van der Waals surface area contributed by atoms with Crippen LogP contribution in [0.4, 0.5) is 0 Å². The third kappa shape index (κ3) is 3.73. The molecule has 1 saturated carbocycles. The number of hydrogen-bond acceptors (Lipinski definition) is 2. The Balaban J connectivity index is 2.03. The maximum absolute atomic E-state index is 8.77. The van der Waals surface area contributed by atoms with E-state index in [1.54, 1.807) is 0 Å². The van der Waals surface area contributed by atoms with Gasteiger partial charge in [0, 0.05) is 12.1 Å². The van der Waals surface area contributed by atoms with Crippen LogP contribution in [0.15, 0.2) is 0 Å². The first kappa shape index (κ1) is 9.01. The molecule has 0 spiro atoms. The summed E-state index contributed by atoms with van der Waals surface area (Å²) in [5.74, 6) is 0.975. The Bertz CT molecular complexity index is 112. The third-order valence-electron chi connectivity index (χ3n) is 2.23. The Hall–Kier alpha value is -0.0800. The minimum atomic E-state index is 0.245. The van der Waals surface area contributed by atoms with E-state index in [-0.39, 0.29) is 12.6 Å². The van der Waals surface area contributed by atoms with Crippen molar-refractivity contribution in [1.82, 2.24) is 5.32 Å². The summed E-state index contributed by atoms with van der Waals surface area (Å²) < 4.78 is 0. The van der Waals surface area contributed by atoms with Crippen LogP contribution in [0.2, 0.25) is 0 Å². The second-order valence-corrected chi connectivity index (χ2v) is 3.83. The van der Waals surface area contributed by atoms with E-state index in [0.29, 0.717) is 6.04 Å². The molecular formula is C9H19NO. The molecule has 0 radical (unpaired) electrons. The first-order valence-electron chi connectivity index (χ1n) is 4.59. The van der Waals surface area contributed by atoms with Crippen LogP contribution in [-0.4, -0.2) is 23.8 Å². The van der Waals surface area contributed by atoms with Gasteiger partial charge in [0.05, 0.1) is 6.61 Å². The highest BCUT2D eigenvalue weighted by Crippen LogP contribution is 2.33. The second-order valence-electron chi connectivity index (χ2n) is 3.83. The van der Waals surface area contributed by atoms with Gasteiger partial charge in [-0.1, -0.05) is 12.8 Å². The molecule has 0 bridgehead atoms. The second kappa shape index (κ2) is 4.07. The van der Waals surface area contributed by atoms with Gasteiger partial charge in [-0.3, -0.25) is 0 Å². The van der Waals surface area contributed by atoms with Crippen LogP contribution in [-0.2, 0) is 0 Å². The van der Waals surface area contributed by atoms with Gasteiger partial charge in [-0.25, -0.2) is 0 Å². The Labute approximate surface area is 69.0 Å². The quantitative estimate of drug-likeness (QED) is 0.627. The number of rotatable bonds is 5. The molecule has 1 fully saturated rings. The summed E-state index contributed by atoms with van der Waals surface area (Å²) in [7, 11) is 0. The molecule has 2 heteroatoms. The maximum Gasteiger partial charge on any atom is 0.0582 e. The molecule has 1 aliphatic rings. The lowest BCUT2D eigenvalue weighted by atomic mass is 10.1.